The highest BCUT2D eigenvalue weighted by Crippen LogP contribution is 2.39. The molecule has 3 aromatic rings. The van der Waals surface area contributed by atoms with Gasteiger partial charge in [0.1, 0.15) is 11.4 Å². The maximum Gasteiger partial charge on any atom is 0.254 e. The van der Waals surface area contributed by atoms with Crippen LogP contribution in [0.25, 0.3) is 0 Å². The second-order valence-corrected chi connectivity index (χ2v) is 8.39. The van der Waals surface area contributed by atoms with E-state index in [1.165, 1.54) is 25.0 Å². The lowest BCUT2D eigenvalue weighted by molar-refractivity contribution is 0.100. The Morgan fingerprint density at radius 3 is 2.70 bits per heavy atom. The third-order valence-corrected chi connectivity index (χ3v) is 5.78. The van der Waals surface area contributed by atoms with E-state index in [1.807, 2.05) is 10.9 Å². The molecule has 9 nitrogen and oxygen atoms in total. The van der Waals surface area contributed by atoms with Gasteiger partial charge < -0.3 is 11.1 Å². The number of nitrogens with two attached hydrogens (primary N) is 1. The smallest absolute Gasteiger partial charge is 0.254 e. The summed E-state index contributed by atoms with van der Waals surface area (Å²) in [6, 6.07) is 8.15. The Kier molecular flexibility index (Phi) is 6.98. The second kappa shape index (κ2) is 10.3. The number of primary amides is 1. The molecule has 10 heteroatoms. The molecule has 0 spiro atoms. The van der Waals surface area contributed by atoms with Crippen LogP contribution in [0.5, 0.6) is 0 Å². The highest BCUT2D eigenvalue weighted by Gasteiger charge is 2.27. The largest absolute Gasteiger partial charge is 0.365 e. The molecule has 1 amide bonds. The van der Waals surface area contributed by atoms with Crippen molar-refractivity contribution >= 4 is 17.4 Å². The van der Waals surface area contributed by atoms with E-state index in [0.717, 1.165) is 31.4 Å². The van der Waals surface area contributed by atoms with Crippen molar-refractivity contribution in [2.24, 2.45) is 5.73 Å². The number of benzene rings is 1. The molecule has 1 atom stereocenters. The maximum atomic E-state index is 13.2. The Labute approximate surface area is 191 Å². The van der Waals surface area contributed by atoms with Crippen molar-refractivity contribution in [3.05, 3.63) is 53.7 Å². The summed E-state index contributed by atoms with van der Waals surface area (Å²) in [5, 5.41) is 25.0. The minimum Gasteiger partial charge on any atom is -0.365 e. The monoisotopic (exact) mass is 450 g/mol. The molecule has 0 radical (unpaired) electrons. The molecule has 0 aliphatic heterocycles. The van der Waals surface area contributed by atoms with Gasteiger partial charge in [-0.25, -0.2) is 9.07 Å². The molecule has 4 rings (SSSR count). The second-order valence-electron chi connectivity index (χ2n) is 8.39. The molecule has 3 N–H and O–H groups in total. The van der Waals surface area contributed by atoms with E-state index >= 15 is 0 Å². The van der Waals surface area contributed by atoms with E-state index in [1.54, 1.807) is 23.0 Å². The first kappa shape index (κ1) is 22.5. The van der Waals surface area contributed by atoms with Crippen molar-refractivity contribution in [3.8, 4) is 6.07 Å². The van der Waals surface area contributed by atoms with Gasteiger partial charge in [-0.1, -0.05) is 5.21 Å². The molecule has 1 aromatic carbocycles. The number of carbonyl (C=O) groups excluding carboxylic acids is 1. The topological polar surface area (TPSA) is 127 Å². The van der Waals surface area contributed by atoms with Gasteiger partial charge in [-0.3, -0.25) is 9.48 Å². The highest BCUT2D eigenvalue weighted by molar-refractivity contribution is 5.98. The SMILES string of the molecule is N#CCCCC(CCCn1cc(C(N)=O)c(Nc2ccc(F)cc2)n1)n1cc(C2CC2)nn1. The van der Waals surface area contributed by atoms with Crippen molar-refractivity contribution < 1.29 is 9.18 Å². The first-order valence-corrected chi connectivity index (χ1v) is 11.2. The first-order chi connectivity index (χ1) is 16.0. The van der Waals surface area contributed by atoms with Gasteiger partial charge in [0.2, 0.25) is 0 Å². The number of nitriles is 1. The van der Waals surface area contributed by atoms with Gasteiger partial charge in [-0.2, -0.15) is 10.4 Å². The van der Waals surface area contributed by atoms with E-state index in [0.29, 0.717) is 30.4 Å². The van der Waals surface area contributed by atoms with Crippen molar-refractivity contribution in [1.82, 2.24) is 24.8 Å². The average molecular weight is 451 g/mol. The summed E-state index contributed by atoms with van der Waals surface area (Å²) in [4.78, 5) is 11.9. The zero-order chi connectivity index (χ0) is 23.2. The third-order valence-electron chi connectivity index (χ3n) is 5.78. The highest BCUT2D eigenvalue weighted by atomic mass is 19.1. The summed E-state index contributed by atoms with van der Waals surface area (Å²) in [6.07, 6.45) is 9.82. The van der Waals surface area contributed by atoms with E-state index in [-0.39, 0.29) is 17.4 Å². The number of nitrogens with zero attached hydrogens (tertiary/aromatic N) is 6. The van der Waals surface area contributed by atoms with Gasteiger partial charge in [0.15, 0.2) is 5.82 Å². The van der Waals surface area contributed by atoms with Crippen LogP contribution in [0.4, 0.5) is 15.9 Å². The number of carbonyl (C=O) groups is 1. The van der Waals surface area contributed by atoms with E-state index < -0.39 is 5.91 Å². The summed E-state index contributed by atoms with van der Waals surface area (Å²) < 4.78 is 16.8. The standard InChI is InChI=1S/C23H27FN8O/c24-17-8-10-18(11-9-17)27-23-20(22(26)33)14-31(29-23)13-3-5-19(4-1-2-12-25)32-15-21(28-30-32)16-6-7-16/h8-11,14-16,19H,1-7,13H2,(H2,26,33)(H,27,29). The molecule has 0 saturated heterocycles. The predicted molar refractivity (Wildman–Crippen MR) is 120 cm³/mol. The van der Waals surface area contributed by atoms with Crippen LogP contribution >= 0.6 is 0 Å². The van der Waals surface area contributed by atoms with Crippen LogP contribution in [0.3, 0.4) is 0 Å². The van der Waals surface area contributed by atoms with Gasteiger partial charge in [-0.15, -0.1) is 5.10 Å². The van der Waals surface area contributed by atoms with Crippen molar-refractivity contribution in [2.45, 2.75) is 63.5 Å². The quantitative estimate of drug-likeness (QED) is 0.401. The molecule has 2 aromatic heterocycles. The Morgan fingerprint density at radius 2 is 2.00 bits per heavy atom. The maximum absolute atomic E-state index is 13.2. The molecule has 0 bridgehead atoms. The number of amides is 1. The van der Waals surface area contributed by atoms with Crippen molar-refractivity contribution in [2.75, 3.05) is 5.32 Å². The molecule has 2 heterocycles. The van der Waals surface area contributed by atoms with Crippen molar-refractivity contribution in [1.29, 1.82) is 5.26 Å². The summed E-state index contributed by atoms with van der Waals surface area (Å²) in [5.74, 6) is -0.0514. The number of aryl methyl sites for hydroxylation is 1. The third kappa shape index (κ3) is 5.94. The van der Waals surface area contributed by atoms with Gasteiger partial charge in [0.05, 0.1) is 17.8 Å². The summed E-state index contributed by atoms with van der Waals surface area (Å²) in [7, 11) is 0. The van der Waals surface area contributed by atoms with Crippen LogP contribution in [0.2, 0.25) is 0 Å². The van der Waals surface area contributed by atoms with Gasteiger partial charge in [0, 0.05) is 37.0 Å². The molecular formula is C23H27FN8O. The number of nitrogens with one attached hydrogen (secondary N) is 1. The summed E-state index contributed by atoms with van der Waals surface area (Å²) >= 11 is 0. The van der Waals surface area contributed by atoms with Crippen LogP contribution in [0.1, 0.15) is 73.0 Å². The van der Waals surface area contributed by atoms with Crippen LogP contribution in [0, 0.1) is 17.1 Å². The number of halogens is 1. The Bertz CT molecular complexity index is 1130. The summed E-state index contributed by atoms with van der Waals surface area (Å²) in [5.41, 5.74) is 7.46. The zero-order valence-corrected chi connectivity index (χ0v) is 18.3. The zero-order valence-electron chi connectivity index (χ0n) is 18.3. The normalized spacial score (nSPS) is 14.1. The fourth-order valence-electron chi connectivity index (χ4n) is 3.83. The molecule has 1 aliphatic carbocycles. The lowest BCUT2D eigenvalue weighted by Gasteiger charge is -2.16. The van der Waals surface area contributed by atoms with E-state index in [2.05, 4.69) is 26.8 Å². The Hall–Kier alpha value is -3.74. The first-order valence-electron chi connectivity index (χ1n) is 11.2. The fraction of sp³-hybridized carbons (Fsp3) is 0.435. The Balaban J connectivity index is 1.40. The van der Waals surface area contributed by atoms with Gasteiger partial charge in [0.25, 0.3) is 5.91 Å². The molecule has 172 valence electrons. The van der Waals surface area contributed by atoms with Gasteiger partial charge in [-0.05, 0) is 62.8 Å². The van der Waals surface area contributed by atoms with E-state index in [9.17, 15) is 9.18 Å². The number of unbranched alkanes of at least 4 members (excludes halogenated alkanes) is 1. The minimum atomic E-state index is -0.588. The van der Waals surface area contributed by atoms with Gasteiger partial charge >= 0.3 is 0 Å². The van der Waals surface area contributed by atoms with Crippen LogP contribution < -0.4 is 11.1 Å². The van der Waals surface area contributed by atoms with Crippen LogP contribution in [-0.2, 0) is 6.54 Å². The predicted octanol–water partition coefficient (Wildman–Crippen LogP) is 4.05. The molecule has 1 aliphatic rings. The average Bonchev–Trinajstić information content (AvgIpc) is 3.39. The number of hydrogen-bond acceptors (Lipinski definition) is 6. The molecule has 1 fully saturated rings. The lowest BCUT2D eigenvalue weighted by atomic mass is 10.0. The minimum absolute atomic E-state index is 0.154. The molecular weight excluding hydrogens is 423 g/mol. The number of anilines is 2. The molecule has 33 heavy (non-hydrogen) atoms. The van der Waals surface area contributed by atoms with Crippen LogP contribution in [-0.4, -0.2) is 30.7 Å². The molecule has 1 unspecified atom stereocenters. The lowest BCUT2D eigenvalue weighted by Crippen LogP contribution is -2.12. The summed E-state index contributed by atoms with van der Waals surface area (Å²) in [6.45, 7) is 0.588. The van der Waals surface area contributed by atoms with Crippen molar-refractivity contribution in [3.63, 3.8) is 0 Å². The number of aromatic nitrogens is 5. The van der Waals surface area contributed by atoms with Crippen LogP contribution in [0.15, 0.2) is 36.7 Å². The van der Waals surface area contributed by atoms with E-state index in [4.69, 9.17) is 11.0 Å². The molecule has 1 saturated carbocycles. The number of rotatable bonds is 12. The number of hydrogen-bond donors (Lipinski definition) is 2. The Morgan fingerprint density at radius 1 is 1.24 bits per heavy atom. The fourth-order valence-corrected chi connectivity index (χ4v) is 3.83.